The van der Waals surface area contributed by atoms with Gasteiger partial charge in [0.2, 0.25) is 5.91 Å². The molecule has 1 aliphatic carbocycles. The van der Waals surface area contributed by atoms with Crippen LogP contribution in [0.2, 0.25) is 0 Å². The first-order valence-electron chi connectivity index (χ1n) is 10.8. The van der Waals surface area contributed by atoms with Gasteiger partial charge in [-0.3, -0.25) is 14.4 Å². The molecule has 1 aliphatic rings. The zero-order valence-corrected chi connectivity index (χ0v) is 18.1. The summed E-state index contributed by atoms with van der Waals surface area (Å²) in [5.41, 5.74) is 0.294. The fraction of sp³-hybridized carbons (Fsp3) is 0.458. The summed E-state index contributed by atoms with van der Waals surface area (Å²) in [6.07, 6.45) is 6.77. The van der Waals surface area contributed by atoms with Crippen LogP contribution >= 0.6 is 0 Å². The van der Waals surface area contributed by atoms with Crippen LogP contribution in [0.15, 0.2) is 47.4 Å². The molecule has 31 heavy (non-hydrogen) atoms. The van der Waals surface area contributed by atoms with Crippen molar-refractivity contribution in [2.45, 2.75) is 64.0 Å². The zero-order valence-electron chi connectivity index (χ0n) is 18.1. The Hall–Kier alpha value is -2.96. The minimum absolute atomic E-state index is 0.162. The van der Waals surface area contributed by atoms with Crippen LogP contribution in [0.5, 0.6) is 0 Å². The quantitative estimate of drug-likeness (QED) is 0.712. The van der Waals surface area contributed by atoms with E-state index in [9.17, 15) is 18.8 Å². The first-order valence-corrected chi connectivity index (χ1v) is 10.8. The van der Waals surface area contributed by atoms with Crippen molar-refractivity contribution in [3.05, 3.63) is 69.9 Å². The van der Waals surface area contributed by atoms with Crippen LogP contribution in [0.4, 0.5) is 4.39 Å². The maximum Gasteiger partial charge on any atom is 0.252 e. The van der Waals surface area contributed by atoms with Crippen LogP contribution in [-0.4, -0.2) is 29.0 Å². The Kier molecular flexibility index (Phi) is 7.25. The van der Waals surface area contributed by atoms with Crippen molar-refractivity contribution in [1.82, 2.24) is 15.2 Å². The van der Waals surface area contributed by atoms with Gasteiger partial charge in [-0.05, 0) is 36.6 Å². The van der Waals surface area contributed by atoms with Gasteiger partial charge in [0, 0.05) is 30.3 Å². The Morgan fingerprint density at radius 3 is 2.58 bits per heavy atom. The molecule has 1 saturated carbocycles. The summed E-state index contributed by atoms with van der Waals surface area (Å²) < 4.78 is 14.8. The smallest absolute Gasteiger partial charge is 0.252 e. The van der Waals surface area contributed by atoms with Gasteiger partial charge in [-0.1, -0.05) is 45.2 Å². The lowest BCUT2D eigenvalue weighted by Gasteiger charge is -2.26. The molecule has 0 aliphatic heterocycles. The van der Waals surface area contributed by atoms with Gasteiger partial charge in [0.1, 0.15) is 12.4 Å². The first kappa shape index (κ1) is 22.7. The molecular formula is C24H30FN3O3. The van der Waals surface area contributed by atoms with E-state index in [2.05, 4.69) is 10.6 Å². The number of carbonyl (C=O) groups excluding carboxylic acids is 2. The Bertz CT molecular complexity index is 994. The van der Waals surface area contributed by atoms with Crippen LogP contribution in [0.3, 0.4) is 0 Å². The number of hydrogen-bond donors (Lipinski definition) is 2. The van der Waals surface area contributed by atoms with Crippen LogP contribution in [0.25, 0.3) is 0 Å². The van der Waals surface area contributed by atoms with Gasteiger partial charge in [-0.2, -0.15) is 0 Å². The second-order valence-corrected chi connectivity index (χ2v) is 8.86. The molecule has 1 aromatic heterocycles. The van der Waals surface area contributed by atoms with Crippen molar-refractivity contribution < 1.29 is 14.0 Å². The molecule has 2 aromatic rings. The number of amides is 2. The zero-order chi connectivity index (χ0) is 22.4. The molecule has 0 saturated heterocycles. The van der Waals surface area contributed by atoms with E-state index in [0.717, 1.165) is 31.2 Å². The standard InChI is InChI=1S/C24H30FN3O3/c1-24(2,18-7-6-8-19(25)13-18)16-26-21(29)15-28-14-17(11-12-22(28)30)23(31)27-20-9-4-3-5-10-20/h6-8,11-14,20H,3-5,9-10,15-16H2,1-2H3,(H,26,29)(H,27,31). The average molecular weight is 428 g/mol. The Morgan fingerprint density at radius 2 is 1.87 bits per heavy atom. The third kappa shape index (κ3) is 6.26. The third-order valence-corrected chi connectivity index (χ3v) is 5.83. The number of halogens is 1. The second-order valence-electron chi connectivity index (χ2n) is 8.86. The summed E-state index contributed by atoms with van der Waals surface area (Å²) >= 11 is 0. The number of nitrogens with one attached hydrogen (secondary N) is 2. The summed E-state index contributed by atoms with van der Waals surface area (Å²) in [6, 6.07) is 9.23. The summed E-state index contributed by atoms with van der Waals surface area (Å²) in [4.78, 5) is 37.2. The second kappa shape index (κ2) is 9.90. The fourth-order valence-electron chi connectivity index (χ4n) is 3.85. The predicted molar refractivity (Wildman–Crippen MR) is 117 cm³/mol. The highest BCUT2D eigenvalue weighted by Gasteiger charge is 2.22. The van der Waals surface area contributed by atoms with Gasteiger partial charge in [0.15, 0.2) is 0 Å². The van der Waals surface area contributed by atoms with E-state index in [1.165, 1.54) is 41.5 Å². The van der Waals surface area contributed by atoms with E-state index in [1.54, 1.807) is 6.07 Å². The highest BCUT2D eigenvalue weighted by molar-refractivity contribution is 5.94. The Labute approximate surface area is 181 Å². The topological polar surface area (TPSA) is 80.2 Å². The van der Waals surface area contributed by atoms with Crippen molar-refractivity contribution in [3.8, 4) is 0 Å². The average Bonchev–Trinajstić information content (AvgIpc) is 2.74. The number of carbonyl (C=O) groups is 2. The molecule has 1 aromatic carbocycles. The minimum atomic E-state index is -0.482. The summed E-state index contributed by atoms with van der Waals surface area (Å²) in [5.74, 6) is -0.906. The van der Waals surface area contributed by atoms with E-state index < -0.39 is 5.41 Å². The summed E-state index contributed by atoms with van der Waals surface area (Å²) in [7, 11) is 0. The van der Waals surface area contributed by atoms with Gasteiger partial charge in [0.05, 0.1) is 5.56 Å². The molecule has 6 nitrogen and oxygen atoms in total. The first-order chi connectivity index (χ1) is 14.7. The lowest BCUT2D eigenvalue weighted by atomic mass is 9.84. The number of aromatic nitrogens is 1. The van der Waals surface area contributed by atoms with Crippen LogP contribution in [0, 0.1) is 5.82 Å². The number of rotatable bonds is 7. The number of hydrogen-bond acceptors (Lipinski definition) is 3. The molecule has 1 heterocycles. The van der Waals surface area contributed by atoms with Gasteiger partial charge in [0.25, 0.3) is 11.5 Å². The Balaban J connectivity index is 1.61. The fourth-order valence-corrected chi connectivity index (χ4v) is 3.85. The van der Waals surface area contributed by atoms with E-state index in [0.29, 0.717) is 5.56 Å². The molecule has 0 radical (unpaired) electrons. The highest BCUT2D eigenvalue weighted by atomic mass is 19.1. The van der Waals surface area contributed by atoms with E-state index >= 15 is 0 Å². The molecule has 2 N–H and O–H groups in total. The monoisotopic (exact) mass is 427 g/mol. The molecular weight excluding hydrogens is 397 g/mol. The lowest BCUT2D eigenvalue weighted by Crippen LogP contribution is -2.40. The van der Waals surface area contributed by atoms with Gasteiger partial charge < -0.3 is 15.2 Å². The van der Waals surface area contributed by atoms with Gasteiger partial charge >= 0.3 is 0 Å². The van der Waals surface area contributed by atoms with Crippen LogP contribution in [0.1, 0.15) is 61.9 Å². The van der Waals surface area contributed by atoms with Crippen molar-refractivity contribution in [3.63, 3.8) is 0 Å². The van der Waals surface area contributed by atoms with Crippen molar-refractivity contribution >= 4 is 11.8 Å². The molecule has 0 spiro atoms. The van der Waals surface area contributed by atoms with E-state index in [1.807, 2.05) is 19.9 Å². The molecule has 3 rings (SSSR count). The number of benzene rings is 1. The molecule has 0 bridgehead atoms. The summed E-state index contributed by atoms with van der Waals surface area (Å²) in [5, 5.41) is 5.83. The molecule has 166 valence electrons. The highest BCUT2D eigenvalue weighted by Crippen LogP contribution is 2.23. The molecule has 2 amide bonds. The van der Waals surface area contributed by atoms with Gasteiger partial charge in [-0.15, -0.1) is 0 Å². The van der Waals surface area contributed by atoms with Gasteiger partial charge in [-0.25, -0.2) is 4.39 Å². The summed E-state index contributed by atoms with van der Waals surface area (Å²) in [6.45, 7) is 3.91. The molecule has 1 fully saturated rings. The number of nitrogens with zero attached hydrogens (tertiary/aromatic N) is 1. The normalized spacial score (nSPS) is 14.8. The maximum absolute atomic E-state index is 13.5. The van der Waals surface area contributed by atoms with E-state index in [-0.39, 0.29) is 42.3 Å². The maximum atomic E-state index is 13.5. The van der Waals surface area contributed by atoms with Crippen molar-refractivity contribution in [2.24, 2.45) is 0 Å². The largest absolute Gasteiger partial charge is 0.354 e. The van der Waals surface area contributed by atoms with Crippen molar-refractivity contribution in [1.29, 1.82) is 0 Å². The van der Waals surface area contributed by atoms with Crippen LogP contribution < -0.4 is 16.2 Å². The minimum Gasteiger partial charge on any atom is -0.354 e. The third-order valence-electron chi connectivity index (χ3n) is 5.83. The molecule has 0 atom stereocenters. The number of pyridine rings is 1. The van der Waals surface area contributed by atoms with Crippen LogP contribution in [-0.2, 0) is 16.8 Å². The van der Waals surface area contributed by atoms with Crippen molar-refractivity contribution in [2.75, 3.05) is 6.54 Å². The predicted octanol–water partition coefficient (Wildman–Crippen LogP) is 3.14. The molecule has 7 heteroatoms. The SMILES string of the molecule is CC(C)(CNC(=O)Cn1cc(C(=O)NC2CCCCC2)ccc1=O)c1cccc(F)c1. The lowest BCUT2D eigenvalue weighted by molar-refractivity contribution is -0.121. The Morgan fingerprint density at radius 1 is 1.13 bits per heavy atom. The van der Waals surface area contributed by atoms with E-state index in [4.69, 9.17) is 0 Å². The molecule has 0 unspecified atom stereocenters.